The molecule has 2 rings (SSSR count). The van der Waals surface area contributed by atoms with Crippen LogP contribution in [0.1, 0.15) is 24.1 Å². The summed E-state index contributed by atoms with van der Waals surface area (Å²) in [6, 6.07) is 9.43. The van der Waals surface area contributed by atoms with Crippen molar-refractivity contribution >= 4 is 22.9 Å². The molecule has 1 heterocycles. The molecule has 0 spiro atoms. The molecule has 1 fully saturated rings. The van der Waals surface area contributed by atoms with Crippen LogP contribution in [0.4, 0.5) is 0 Å². The number of halogens is 1. The summed E-state index contributed by atoms with van der Waals surface area (Å²) in [5, 5.41) is 0. The summed E-state index contributed by atoms with van der Waals surface area (Å²) in [7, 11) is 0. The summed E-state index contributed by atoms with van der Waals surface area (Å²) in [5.74, 6) is 0. The molecule has 88 valence electrons. The van der Waals surface area contributed by atoms with Gasteiger partial charge in [-0.3, -0.25) is 4.90 Å². The minimum Gasteiger partial charge on any atom is -0.294 e. The molecule has 3 heteroatoms. The Hall–Kier alpha value is -0.130. The maximum atomic E-state index is 2.57. The fraction of sp³-hybridized carbons (Fsp3) is 0.538. The molecule has 1 aliphatic rings. The molecule has 16 heavy (non-hydrogen) atoms. The first-order chi connectivity index (χ1) is 7.66. The lowest BCUT2D eigenvalue weighted by Crippen LogP contribution is -2.43. The SMILES string of the molecule is Cc1cccc(C(C)N2CCN(I)CC2)c1. The first-order valence-corrected chi connectivity index (χ1v) is 6.84. The first-order valence-electron chi connectivity index (χ1n) is 5.88. The van der Waals surface area contributed by atoms with Crippen LogP contribution in [0.25, 0.3) is 0 Å². The predicted molar refractivity (Wildman–Crippen MR) is 76.8 cm³/mol. The fourth-order valence-corrected chi connectivity index (χ4v) is 2.66. The van der Waals surface area contributed by atoms with Gasteiger partial charge in [-0.25, -0.2) is 3.11 Å². The second-order valence-electron chi connectivity index (χ2n) is 4.54. The number of hydrogen-bond donors (Lipinski definition) is 0. The predicted octanol–water partition coefficient (Wildman–Crippen LogP) is 3.02. The Morgan fingerprint density at radius 3 is 2.50 bits per heavy atom. The van der Waals surface area contributed by atoms with Crippen LogP contribution in [0, 0.1) is 6.92 Å². The Labute approximate surface area is 112 Å². The smallest absolute Gasteiger partial charge is 0.0321 e. The van der Waals surface area contributed by atoms with E-state index < -0.39 is 0 Å². The maximum absolute atomic E-state index is 2.57. The minimum absolute atomic E-state index is 0.546. The van der Waals surface area contributed by atoms with Crippen LogP contribution >= 0.6 is 22.9 Å². The second-order valence-corrected chi connectivity index (χ2v) is 5.90. The number of benzene rings is 1. The average Bonchev–Trinajstić information content (AvgIpc) is 2.29. The number of hydrogen-bond acceptors (Lipinski definition) is 2. The van der Waals surface area contributed by atoms with Gasteiger partial charge >= 0.3 is 0 Å². The van der Waals surface area contributed by atoms with E-state index in [0.717, 1.165) is 0 Å². The zero-order chi connectivity index (χ0) is 11.5. The minimum atomic E-state index is 0.546. The standard InChI is InChI=1S/C13H19IN2/c1-11-4-3-5-13(10-11)12(2)15-6-8-16(14)9-7-15/h3-5,10,12H,6-9H2,1-2H3. The lowest BCUT2D eigenvalue weighted by Gasteiger charge is -2.35. The Balaban J connectivity index is 2.04. The molecule has 0 bridgehead atoms. The molecule has 0 saturated carbocycles. The molecule has 1 aromatic rings. The lowest BCUT2D eigenvalue weighted by molar-refractivity contribution is 0.158. The number of rotatable bonds is 2. The molecule has 1 aromatic carbocycles. The van der Waals surface area contributed by atoms with E-state index in [-0.39, 0.29) is 0 Å². The third-order valence-electron chi connectivity index (χ3n) is 3.33. The molecular weight excluding hydrogens is 311 g/mol. The van der Waals surface area contributed by atoms with Crippen LogP contribution in [0.2, 0.25) is 0 Å². The zero-order valence-corrected chi connectivity index (χ0v) is 12.1. The molecule has 2 nitrogen and oxygen atoms in total. The van der Waals surface area contributed by atoms with Gasteiger partial charge < -0.3 is 0 Å². The van der Waals surface area contributed by atoms with Crippen LogP contribution in [0.15, 0.2) is 24.3 Å². The number of piperazine rings is 1. The van der Waals surface area contributed by atoms with E-state index in [0.29, 0.717) is 6.04 Å². The molecule has 0 aromatic heterocycles. The van der Waals surface area contributed by atoms with Gasteiger partial charge in [-0.2, -0.15) is 0 Å². The van der Waals surface area contributed by atoms with E-state index in [2.05, 4.69) is 69.0 Å². The van der Waals surface area contributed by atoms with E-state index in [1.807, 2.05) is 0 Å². The molecule has 0 radical (unpaired) electrons. The quantitative estimate of drug-likeness (QED) is 0.608. The second kappa shape index (κ2) is 5.47. The van der Waals surface area contributed by atoms with Crippen molar-refractivity contribution in [2.45, 2.75) is 19.9 Å². The highest BCUT2D eigenvalue weighted by atomic mass is 127. The molecule has 1 saturated heterocycles. The maximum Gasteiger partial charge on any atom is 0.0321 e. The monoisotopic (exact) mass is 330 g/mol. The first kappa shape index (κ1) is 12.3. The highest BCUT2D eigenvalue weighted by molar-refractivity contribution is 14.1. The lowest BCUT2D eigenvalue weighted by atomic mass is 10.0. The Morgan fingerprint density at radius 2 is 1.88 bits per heavy atom. The zero-order valence-electron chi connectivity index (χ0n) is 9.99. The molecule has 0 N–H and O–H groups in total. The van der Waals surface area contributed by atoms with Gasteiger partial charge in [0.2, 0.25) is 0 Å². The molecule has 1 atom stereocenters. The van der Waals surface area contributed by atoms with Crippen molar-refractivity contribution < 1.29 is 0 Å². The fourth-order valence-electron chi connectivity index (χ4n) is 2.23. The Bertz CT molecular complexity index is 346. The van der Waals surface area contributed by atoms with E-state index in [1.54, 1.807) is 0 Å². The van der Waals surface area contributed by atoms with Crippen molar-refractivity contribution in [3.05, 3.63) is 35.4 Å². The number of nitrogens with zero attached hydrogens (tertiary/aromatic N) is 2. The largest absolute Gasteiger partial charge is 0.294 e. The van der Waals surface area contributed by atoms with Crippen molar-refractivity contribution in [2.75, 3.05) is 26.2 Å². The van der Waals surface area contributed by atoms with Gasteiger partial charge in [0.05, 0.1) is 0 Å². The molecule has 1 aliphatic heterocycles. The molecule has 0 amide bonds. The normalized spacial score (nSPS) is 20.9. The molecule has 0 aliphatic carbocycles. The van der Waals surface area contributed by atoms with Crippen molar-refractivity contribution in [1.82, 2.24) is 8.01 Å². The van der Waals surface area contributed by atoms with Gasteiger partial charge in [0.15, 0.2) is 0 Å². The van der Waals surface area contributed by atoms with Crippen LogP contribution in [0.3, 0.4) is 0 Å². The van der Waals surface area contributed by atoms with E-state index >= 15 is 0 Å². The Kier molecular flexibility index (Phi) is 4.21. The van der Waals surface area contributed by atoms with Gasteiger partial charge in [0, 0.05) is 55.1 Å². The van der Waals surface area contributed by atoms with Crippen LogP contribution < -0.4 is 0 Å². The highest BCUT2D eigenvalue weighted by Crippen LogP contribution is 2.22. The average molecular weight is 330 g/mol. The summed E-state index contributed by atoms with van der Waals surface area (Å²) < 4.78 is 2.37. The molecular formula is C13H19IN2. The van der Waals surface area contributed by atoms with Gasteiger partial charge in [0.25, 0.3) is 0 Å². The van der Waals surface area contributed by atoms with Crippen LogP contribution in [-0.2, 0) is 0 Å². The van der Waals surface area contributed by atoms with Crippen LogP contribution in [-0.4, -0.2) is 34.2 Å². The van der Waals surface area contributed by atoms with Crippen molar-refractivity contribution in [3.8, 4) is 0 Å². The summed E-state index contributed by atoms with van der Waals surface area (Å²) in [6.07, 6.45) is 0. The van der Waals surface area contributed by atoms with Gasteiger partial charge in [-0.05, 0) is 19.4 Å². The number of aryl methyl sites for hydroxylation is 1. The van der Waals surface area contributed by atoms with Crippen LogP contribution in [0.5, 0.6) is 0 Å². The van der Waals surface area contributed by atoms with E-state index in [1.165, 1.54) is 37.3 Å². The van der Waals surface area contributed by atoms with E-state index in [9.17, 15) is 0 Å². The third kappa shape index (κ3) is 2.96. The van der Waals surface area contributed by atoms with Gasteiger partial charge in [0.1, 0.15) is 0 Å². The van der Waals surface area contributed by atoms with Gasteiger partial charge in [-0.15, -0.1) is 0 Å². The highest BCUT2D eigenvalue weighted by Gasteiger charge is 2.20. The Morgan fingerprint density at radius 1 is 1.19 bits per heavy atom. The van der Waals surface area contributed by atoms with E-state index in [4.69, 9.17) is 0 Å². The summed E-state index contributed by atoms with van der Waals surface area (Å²) in [6.45, 7) is 9.19. The summed E-state index contributed by atoms with van der Waals surface area (Å²) in [4.78, 5) is 2.57. The summed E-state index contributed by atoms with van der Waals surface area (Å²) in [5.41, 5.74) is 2.80. The van der Waals surface area contributed by atoms with Crippen molar-refractivity contribution in [1.29, 1.82) is 0 Å². The van der Waals surface area contributed by atoms with Gasteiger partial charge in [-0.1, -0.05) is 29.8 Å². The van der Waals surface area contributed by atoms with Crippen molar-refractivity contribution in [2.24, 2.45) is 0 Å². The summed E-state index contributed by atoms with van der Waals surface area (Å²) >= 11 is 2.42. The van der Waals surface area contributed by atoms with Crippen molar-refractivity contribution in [3.63, 3.8) is 0 Å². The molecule has 1 unspecified atom stereocenters. The third-order valence-corrected chi connectivity index (χ3v) is 4.30. The topological polar surface area (TPSA) is 6.48 Å².